The molecule has 0 radical (unpaired) electrons. The lowest BCUT2D eigenvalue weighted by molar-refractivity contribution is -0.136. The van der Waals surface area contributed by atoms with E-state index in [2.05, 4.69) is 13.8 Å². The van der Waals surface area contributed by atoms with Crippen LogP contribution in [0.1, 0.15) is 50.7 Å². The minimum absolute atomic E-state index is 0.0446. The lowest BCUT2D eigenvalue weighted by Crippen LogP contribution is -2.37. The van der Waals surface area contributed by atoms with Crippen molar-refractivity contribution in [3.05, 3.63) is 68.7 Å². The third kappa shape index (κ3) is 6.69. The van der Waals surface area contributed by atoms with Gasteiger partial charge in [0.2, 0.25) is 5.91 Å². The van der Waals surface area contributed by atoms with Gasteiger partial charge in [0.15, 0.2) is 0 Å². The van der Waals surface area contributed by atoms with E-state index in [0.717, 1.165) is 36.8 Å². The Morgan fingerprint density at radius 2 is 1.75 bits per heavy atom. The maximum absolute atomic E-state index is 13.3. The summed E-state index contributed by atoms with van der Waals surface area (Å²) in [6.45, 7) is 5.34. The van der Waals surface area contributed by atoms with Gasteiger partial charge in [-0.15, -0.1) is 0 Å². The number of unbranched alkanes of at least 4 members (excludes halogenated alkanes) is 1. The van der Waals surface area contributed by atoms with Gasteiger partial charge in [-0.3, -0.25) is 4.79 Å². The van der Waals surface area contributed by atoms with Gasteiger partial charge < -0.3 is 4.90 Å². The molecule has 1 unspecified atom stereocenters. The maximum atomic E-state index is 13.3. The monoisotopic (exact) mass is 439 g/mol. The number of benzene rings is 2. The summed E-state index contributed by atoms with van der Waals surface area (Å²) in [5.41, 5.74) is 1.95. The fraction of sp³-hybridized carbons (Fsp3) is 0.435. The Bertz CT molecular complexity index is 778. The predicted molar refractivity (Wildman–Crippen MR) is 120 cm³/mol. The molecule has 0 saturated heterocycles. The highest BCUT2D eigenvalue weighted by Gasteiger charge is 2.23. The minimum atomic E-state index is 0.0446. The van der Waals surface area contributed by atoms with Crippen LogP contribution in [0, 0.1) is 5.92 Å². The van der Waals surface area contributed by atoms with Crippen molar-refractivity contribution < 1.29 is 4.79 Å². The van der Waals surface area contributed by atoms with Crippen LogP contribution in [0.25, 0.3) is 0 Å². The predicted octanol–water partition coefficient (Wildman–Crippen LogP) is 7.43. The first kappa shape index (κ1) is 23.1. The zero-order valence-electron chi connectivity index (χ0n) is 16.6. The van der Waals surface area contributed by atoms with E-state index in [4.69, 9.17) is 34.8 Å². The summed E-state index contributed by atoms with van der Waals surface area (Å²) < 4.78 is 0. The molecule has 0 fully saturated rings. The standard InChI is InChI=1S/C23H28Cl3NO/c1-3-5-8-17(4-2)23(28)27(16-19-9-6-7-10-21(19)25)14-13-18-11-12-20(24)15-22(18)26/h6-7,9-12,15,17H,3-5,8,13-14,16H2,1-2H3. The van der Waals surface area contributed by atoms with Crippen molar-refractivity contribution >= 4 is 40.7 Å². The molecule has 2 aromatic carbocycles. The Kier molecular flexibility index (Phi) is 9.64. The van der Waals surface area contributed by atoms with Crippen molar-refractivity contribution in [1.29, 1.82) is 0 Å². The van der Waals surface area contributed by atoms with Gasteiger partial charge in [0.1, 0.15) is 0 Å². The minimum Gasteiger partial charge on any atom is -0.338 e. The van der Waals surface area contributed by atoms with Gasteiger partial charge in [0, 0.05) is 34.1 Å². The highest BCUT2D eigenvalue weighted by Crippen LogP contribution is 2.24. The molecule has 0 saturated carbocycles. The van der Waals surface area contributed by atoms with Crippen LogP contribution >= 0.6 is 34.8 Å². The van der Waals surface area contributed by atoms with E-state index in [0.29, 0.717) is 34.6 Å². The molecule has 0 heterocycles. The fourth-order valence-corrected chi connectivity index (χ4v) is 3.99. The molecule has 0 aromatic heterocycles. The second-order valence-corrected chi connectivity index (χ2v) is 8.34. The van der Waals surface area contributed by atoms with Crippen molar-refractivity contribution in [1.82, 2.24) is 4.90 Å². The van der Waals surface area contributed by atoms with E-state index in [1.807, 2.05) is 41.3 Å². The van der Waals surface area contributed by atoms with E-state index in [9.17, 15) is 4.79 Å². The average Bonchev–Trinajstić information content (AvgIpc) is 2.68. The SMILES string of the molecule is CCCCC(CC)C(=O)N(CCc1ccc(Cl)cc1Cl)Cc1ccccc1Cl. The van der Waals surface area contributed by atoms with Crippen molar-refractivity contribution in [2.24, 2.45) is 5.92 Å². The molecule has 0 spiro atoms. The number of hydrogen-bond acceptors (Lipinski definition) is 1. The van der Waals surface area contributed by atoms with E-state index < -0.39 is 0 Å². The summed E-state index contributed by atoms with van der Waals surface area (Å²) in [6, 6.07) is 13.2. The van der Waals surface area contributed by atoms with Crippen LogP contribution in [-0.2, 0) is 17.8 Å². The number of halogens is 3. The van der Waals surface area contributed by atoms with Crippen molar-refractivity contribution in [2.75, 3.05) is 6.54 Å². The van der Waals surface area contributed by atoms with Crippen LogP contribution in [-0.4, -0.2) is 17.4 Å². The number of rotatable bonds is 10. The zero-order valence-corrected chi connectivity index (χ0v) is 18.8. The van der Waals surface area contributed by atoms with E-state index in [-0.39, 0.29) is 11.8 Å². The second-order valence-electron chi connectivity index (χ2n) is 7.08. The molecular weight excluding hydrogens is 413 g/mol. The summed E-state index contributed by atoms with van der Waals surface area (Å²) >= 11 is 18.7. The van der Waals surface area contributed by atoms with E-state index >= 15 is 0 Å². The molecule has 0 aliphatic carbocycles. The summed E-state index contributed by atoms with van der Waals surface area (Å²) in [5.74, 6) is 0.240. The van der Waals surface area contributed by atoms with E-state index in [1.165, 1.54) is 0 Å². The van der Waals surface area contributed by atoms with Crippen LogP contribution < -0.4 is 0 Å². The van der Waals surface area contributed by atoms with Crippen molar-refractivity contribution in [3.63, 3.8) is 0 Å². The van der Waals surface area contributed by atoms with Crippen molar-refractivity contribution in [2.45, 2.75) is 52.5 Å². The third-order valence-corrected chi connectivity index (χ3v) is 6.00. The summed E-state index contributed by atoms with van der Waals surface area (Å²) in [4.78, 5) is 15.2. The smallest absolute Gasteiger partial charge is 0.225 e. The Morgan fingerprint density at radius 3 is 2.39 bits per heavy atom. The molecule has 5 heteroatoms. The quantitative estimate of drug-likeness (QED) is 0.376. The molecule has 0 N–H and O–H groups in total. The first-order chi connectivity index (χ1) is 13.5. The molecule has 28 heavy (non-hydrogen) atoms. The van der Waals surface area contributed by atoms with Crippen LogP contribution in [0.15, 0.2) is 42.5 Å². The fourth-order valence-electron chi connectivity index (χ4n) is 3.29. The Hall–Kier alpha value is -1.22. The molecule has 0 aliphatic heterocycles. The zero-order chi connectivity index (χ0) is 20.5. The highest BCUT2D eigenvalue weighted by atomic mass is 35.5. The number of carbonyl (C=O) groups excluding carboxylic acids is 1. The molecular formula is C23H28Cl3NO. The number of amides is 1. The van der Waals surface area contributed by atoms with Gasteiger partial charge in [-0.2, -0.15) is 0 Å². The van der Waals surface area contributed by atoms with E-state index in [1.54, 1.807) is 6.07 Å². The van der Waals surface area contributed by atoms with Crippen LogP contribution in [0.2, 0.25) is 15.1 Å². The Balaban J connectivity index is 2.19. The van der Waals surface area contributed by atoms with Crippen molar-refractivity contribution in [3.8, 4) is 0 Å². The molecule has 1 atom stereocenters. The number of nitrogens with zero attached hydrogens (tertiary/aromatic N) is 1. The molecule has 2 aromatic rings. The van der Waals surface area contributed by atoms with Crippen LogP contribution in [0.5, 0.6) is 0 Å². The second kappa shape index (κ2) is 11.7. The third-order valence-electron chi connectivity index (χ3n) is 5.05. The summed E-state index contributed by atoms with van der Waals surface area (Å²) in [5, 5.41) is 1.94. The first-order valence-corrected chi connectivity index (χ1v) is 11.1. The van der Waals surface area contributed by atoms with Gasteiger partial charge in [-0.25, -0.2) is 0 Å². The van der Waals surface area contributed by atoms with Crippen LogP contribution in [0.4, 0.5) is 0 Å². The van der Waals surface area contributed by atoms with Gasteiger partial charge in [0.25, 0.3) is 0 Å². The average molecular weight is 441 g/mol. The number of carbonyl (C=O) groups is 1. The summed E-state index contributed by atoms with van der Waals surface area (Å²) in [7, 11) is 0. The lowest BCUT2D eigenvalue weighted by atomic mass is 9.97. The highest BCUT2D eigenvalue weighted by molar-refractivity contribution is 6.35. The maximum Gasteiger partial charge on any atom is 0.225 e. The lowest BCUT2D eigenvalue weighted by Gasteiger charge is -2.28. The molecule has 0 aliphatic rings. The first-order valence-electron chi connectivity index (χ1n) is 9.92. The molecule has 0 bridgehead atoms. The molecule has 2 nitrogen and oxygen atoms in total. The van der Waals surface area contributed by atoms with Gasteiger partial charge in [-0.05, 0) is 48.6 Å². The molecule has 2 rings (SSSR count). The van der Waals surface area contributed by atoms with Gasteiger partial charge in [-0.1, -0.05) is 85.8 Å². The van der Waals surface area contributed by atoms with Crippen LogP contribution in [0.3, 0.4) is 0 Å². The summed E-state index contributed by atoms with van der Waals surface area (Å²) in [6.07, 6.45) is 4.60. The Morgan fingerprint density at radius 1 is 1.00 bits per heavy atom. The largest absolute Gasteiger partial charge is 0.338 e. The topological polar surface area (TPSA) is 20.3 Å². The normalized spacial score (nSPS) is 12.0. The van der Waals surface area contributed by atoms with Gasteiger partial charge in [0.05, 0.1) is 0 Å². The molecule has 152 valence electrons. The number of hydrogen-bond donors (Lipinski definition) is 0. The Labute approximate surface area is 183 Å². The van der Waals surface area contributed by atoms with Gasteiger partial charge >= 0.3 is 0 Å². The molecule has 1 amide bonds.